The lowest BCUT2D eigenvalue weighted by Crippen LogP contribution is -2.02. The Bertz CT molecular complexity index is 387. The number of ketones is 1. The van der Waals surface area contributed by atoms with Crippen molar-refractivity contribution in [2.24, 2.45) is 5.92 Å². The van der Waals surface area contributed by atoms with Crippen LogP contribution >= 0.6 is 0 Å². The van der Waals surface area contributed by atoms with E-state index in [4.69, 9.17) is 4.74 Å². The summed E-state index contributed by atoms with van der Waals surface area (Å²) in [6.07, 6.45) is 0.885. The molecule has 0 amide bonds. The summed E-state index contributed by atoms with van der Waals surface area (Å²) in [7, 11) is 0. The normalized spacial score (nSPS) is 10.6. The van der Waals surface area contributed by atoms with Gasteiger partial charge in [-0.25, -0.2) is 0 Å². The Morgan fingerprint density at radius 1 is 1.29 bits per heavy atom. The number of carbonyl (C=O) groups excluding carboxylic acids is 1. The third-order valence-electron chi connectivity index (χ3n) is 2.39. The molecule has 1 rings (SSSR count). The van der Waals surface area contributed by atoms with Crippen LogP contribution in [0.5, 0.6) is 17.2 Å². The van der Waals surface area contributed by atoms with Crippen LogP contribution in [0.4, 0.5) is 0 Å². The smallest absolute Gasteiger partial charge is 0.167 e. The minimum absolute atomic E-state index is 0.0683. The summed E-state index contributed by atoms with van der Waals surface area (Å²) in [6, 6.07) is 2.69. The van der Waals surface area contributed by atoms with Gasteiger partial charge in [0.1, 0.15) is 22.8 Å². The fourth-order valence-electron chi connectivity index (χ4n) is 1.44. The largest absolute Gasteiger partial charge is 0.507 e. The zero-order valence-electron chi connectivity index (χ0n) is 10.4. The van der Waals surface area contributed by atoms with E-state index in [0.29, 0.717) is 18.3 Å². The predicted molar refractivity (Wildman–Crippen MR) is 64.7 cm³/mol. The number of ether oxygens (including phenoxy) is 1. The van der Waals surface area contributed by atoms with E-state index in [0.717, 1.165) is 6.42 Å². The van der Waals surface area contributed by atoms with Gasteiger partial charge in [-0.3, -0.25) is 4.79 Å². The van der Waals surface area contributed by atoms with Gasteiger partial charge in [-0.05, 0) is 19.3 Å². The summed E-state index contributed by atoms with van der Waals surface area (Å²) in [5, 5.41) is 19.2. The van der Waals surface area contributed by atoms with Crippen molar-refractivity contribution >= 4 is 5.78 Å². The number of Topliss-reactive ketones (excluding diaryl/α,β-unsaturated/α-hetero) is 1. The number of phenols is 2. The minimum atomic E-state index is -0.381. The van der Waals surface area contributed by atoms with Gasteiger partial charge < -0.3 is 14.9 Å². The van der Waals surface area contributed by atoms with Gasteiger partial charge in [-0.15, -0.1) is 0 Å². The molecule has 0 radical (unpaired) electrons. The molecule has 0 saturated heterocycles. The second-order valence-electron chi connectivity index (χ2n) is 4.42. The Labute approximate surface area is 101 Å². The average molecular weight is 238 g/mol. The Hall–Kier alpha value is -1.71. The number of aromatic hydroxyl groups is 2. The molecule has 2 N–H and O–H groups in total. The molecule has 1 aromatic carbocycles. The molecule has 1 aromatic rings. The highest BCUT2D eigenvalue weighted by Crippen LogP contribution is 2.32. The fourth-order valence-corrected chi connectivity index (χ4v) is 1.44. The third-order valence-corrected chi connectivity index (χ3v) is 2.39. The molecule has 17 heavy (non-hydrogen) atoms. The van der Waals surface area contributed by atoms with E-state index >= 15 is 0 Å². The molecular weight excluding hydrogens is 220 g/mol. The highest BCUT2D eigenvalue weighted by atomic mass is 16.5. The van der Waals surface area contributed by atoms with Crippen molar-refractivity contribution in [3.63, 3.8) is 0 Å². The molecule has 0 aliphatic heterocycles. The summed E-state index contributed by atoms with van der Waals surface area (Å²) in [5.41, 5.74) is -0.0683. The molecule has 0 atom stereocenters. The topological polar surface area (TPSA) is 66.8 Å². The van der Waals surface area contributed by atoms with E-state index in [1.54, 1.807) is 0 Å². The van der Waals surface area contributed by atoms with Crippen molar-refractivity contribution < 1.29 is 19.7 Å². The summed E-state index contributed by atoms with van der Waals surface area (Å²) < 4.78 is 5.38. The third kappa shape index (κ3) is 3.66. The second-order valence-corrected chi connectivity index (χ2v) is 4.42. The van der Waals surface area contributed by atoms with E-state index in [1.165, 1.54) is 19.1 Å². The zero-order chi connectivity index (χ0) is 13.0. The lowest BCUT2D eigenvalue weighted by molar-refractivity contribution is 0.101. The summed E-state index contributed by atoms with van der Waals surface area (Å²) in [4.78, 5) is 11.1. The maximum atomic E-state index is 11.1. The van der Waals surface area contributed by atoms with Crippen molar-refractivity contribution in [3.05, 3.63) is 17.7 Å². The molecule has 0 aromatic heterocycles. The van der Waals surface area contributed by atoms with Crippen molar-refractivity contribution in [3.8, 4) is 17.2 Å². The van der Waals surface area contributed by atoms with E-state index in [-0.39, 0.29) is 22.8 Å². The molecule has 94 valence electrons. The highest BCUT2D eigenvalue weighted by molar-refractivity contribution is 5.99. The molecule has 0 aliphatic rings. The van der Waals surface area contributed by atoms with E-state index in [1.807, 2.05) is 0 Å². The number of benzene rings is 1. The van der Waals surface area contributed by atoms with Crippen LogP contribution in [0.3, 0.4) is 0 Å². The Balaban J connectivity index is 2.80. The molecule has 0 aliphatic carbocycles. The van der Waals surface area contributed by atoms with Gasteiger partial charge in [0.05, 0.1) is 6.61 Å². The van der Waals surface area contributed by atoms with Crippen LogP contribution in [0.2, 0.25) is 0 Å². The Morgan fingerprint density at radius 2 is 1.82 bits per heavy atom. The lowest BCUT2D eigenvalue weighted by atomic mass is 10.1. The fraction of sp³-hybridized carbons (Fsp3) is 0.462. The quantitative estimate of drug-likeness (QED) is 0.774. The van der Waals surface area contributed by atoms with Gasteiger partial charge in [-0.2, -0.15) is 0 Å². The monoisotopic (exact) mass is 238 g/mol. The van der Waals surface area contributed by atoms with E-state index in [9.17, 15) is 15.0 Å². The first-order valence-corrected chi connectivity index (χ1v) is 5.61. The molecular formula is C13H18O4. The predicted octanol–water partition coefficient (Wildman–Crippen LogP) is 2.73. The van der Waals surface area contributed by atoms with Crippen LogP contribution in [-0.4, -0.2) is 22.6 Å². The van der Waals surface area contributed by atoms with Crippen LogP contribution in [0.15, 0.2) is 12.1 Å². The van der Waals surface area contributed by atoms with Crippen LogP contribution in [0.25, 0.3) is 0 Å². The maximum Gasteiger partial charge on any atom is 0.167 e. The van der Waals surface area contributed by atoms with Gasteiger partial charge >= 0.3 is 0 Å². The SMILES string of the molecule is CC(=O)c1c(O)cc(OCCC(C)C)cc1O. The number of hydrogen-bond acceptors (Lipinski definition) is 4. The molecule has 0 spiro atoms. The van der Waals surface area contributed by atoms with Crippen LogP contribution < -0.4 is 4.74 Å². The highest BCUT2D eigenvalue weighted by Gasteiger charge is 2.14. The van der Waals surface area contributed by atoms with Crippen molar-refractivity contribution in [1.29, 1.82) is 0 Å². The standard InChI is InChI=1S/C13H18O4/c1-8(2)4-5-17-10-6-11(15)13(9(3)14)12(16)7-10/h6-8,15-16H,4-5H2,1-3H3. The Kier molecular flexibility index (Phi) is 4.37. The van der Waals surface area contributed by atoms with E-state index in [2.05, 4.69) is 13.8 Å². The minimum Gasteiger partial charge on any atom is -0.507 e. The van der Waals surface area contributed by atoms with Gasteiger partial charge in [0.15, 0.2) is 5.78 Å². The van der Waals surface area contributed by atoms with Crippen LogP contribution in [0, 0.1) is 5.92 Å². The van der Waals surface area contributed by atoms with E-state index < -0.39 is 0 Å². The number of rotatable bonds is 5. The lowest BCUT2D eigenvalue weighted by Gasteiger charge is -2.10. The van der Waals surface area contributed by atoms with Crippen molar-refractivity contribution in [1.82, 2.24) is 0 Å². The number of hydrogen-bond donors (Lipinski definition) is 2. The second kappa shape index (κ2) is 5.57. The first-order valence-electron chi connectivity index (χ1n) is 5.61. The summed E-state index contributed by atoms with van der Waals surface area (Å²) >= 11 is 0. The van der Waals surface area contributed by atoms with Crippen molar-refractivity contribution in [2.45, 2.75) is 27.2 Å². The number of carbonyl (C=O) groups is 1. The summed E-state index contributed by atoms with van der Waals surface area (Å²) in [5.74, 6) is 0.00200. The molecule has 4 heteroatoms. The van der Waals surface area contributed by atoms with Gasteiger partial charge in [-0.1, -0.05) is 13.8 Å². The summed E-state index contributed by atoms with van der Waals surface area (Å²) in [6.45, 7) is 5.96. The van der Waals surface area contributed by atoms with Gasteiger partial charge in [0, 0.05) is 12.1 Å². The Morgan fingerprint density at radius 3 is 2.24 bits per heavy atom. The molecule has 0 saturated carbocycles. The number of phenolic OH excluding ortho intramolecular Hbond substituents is 2. The first kappa shape index (κ1) is 13.4. The van der Waals surface area contributed by atoms with Gasteiger partial charge in [0.2, 0.25) is 0 Å². The maximum absolute atomic E-state index is 11.1. The van der Waals surface area contributed by atoms with Crippen LogP contribution in [0.1, 0.15) is 37.6 Å². The van der Waals surface area contributed by atoms with Crippen LogP contribution in [-0.2, 0) is 0 Å². The zero-order valence-corrected chi connectivity index (χ0v) is 10.4. The molecule has 0 heterocycles. The molecule has 4 nitrogen and oxygen atoms in total. The van der Waals surface area contributed by atoms with Crippen molar-refractivity contribution in [2.75, 3.05) is 6.61 Å². The molecule has 0 fully saturated rings. The molecule has 0 bridgehead atoms. The molecule has 0 unspecified atom stereocenters. The first-order chi connectivity index (χ1) is 7.91. The average Bonchev–Trinajstić information content (AvgIpc) is 2.14. The van der Waals surface area contributed by atoms with Gasteiger partial charge in [0.25, 0.3) is 0 Å².